The van der Waals surface area contributed by atoms with E-state index in [0.29, 0.717) is 18.8 Å². The van der Waals surface area contributed by atoms with Gasteiger partial charge >= 0.3 is 0 Å². The van der Waals surface area contributed by atoms with E-state index in [1.807, 2.05) is 42.5 Å². The zero-order valence-electron chi connectivity index (χ0n) is 10.9. The number of pyridine rings is 1. The molecule has 0 aliphatic carbocycles. The van der Waals surface area contributed by atoms with Gasteiger partial charge in [0.25, 0.3) is 0 Å². The van der Waals surface area contributed by atoms with Crippen molar-refractivity contribution in [2.75, 3.05) is 11.9 Å². The number of benzene rings is 1. The van der Waals surface area contributed by atoms with E-state index in [1.165, 1.54) is 0 Å². The molecule has 0 saturated carbocycles. The second-order valence-electron chi connectivity index (χ2n) is 4.29. The molecular formula is C15H17N3O. The maximum atomic E-state index is 12.2. The molecule has 2 aromatic rings. The summed E-state index contributed by atoms with van der Waals surface area (Å²) in [6, 6.07) is 13.2. The third-order valence-corrected chi connectivity index (χ3v) is 3.05. The Labute approximate surface area is 112 Å². The van der Waals surface area contributed by atoms with Crippen molar-refractivity contribution in [3.05, 3.63) is 59.8 Å². The fourth-order valence-electron chi connectivity index (χ4n) is 1.89. The Balaban J connectivity index is 2.13. The first-order valence-corrected chi connectivity index (χ1v) is 6.17. The van der Waals surface area contributed by atoms with Gasteiger partial charge in [0, 0.05) is 19.8 Å². The van der Waals surface area contributed by atoms with E-state index in [0.717, 1.165) is 11.1 Å². The summed E-state index contributed by atoms with van der Waals surface area (Å²) in [7, 11) is 1.73. The lowest BCUT2D eigenvalue weighted by Gasteiger charge is -2.17. The van der Waals surface area contributed by atoms with Crippen LogP contribution < -0.4 is 10.6 Å². The fourth-order valence-corrected chi connectivity index (χ4v) is 1.89. The van der Waals surface area contributed by atoms with Gasteiger partial charge < -0.3 is 5.73 Å². The van der Waals surface area contributed by atoms with E-state index in [1.54, 1.807) is 18.1 Å². The summed E-state index contributed by atoms with van der Waals surface area (Å²) >= 11 is 0. The van der Waals surface area contributed by atoms with E-state index in [2.05, 4.69) is 4.98 Å². The monoisotopic (exact) mass is 255 g/mol. The van der Waals surface area contributed by atoms with Crippen molar-refractivity contribution in [2.24, 2.45) is 5.73 Å². The number of amides is 1. The van der Waals surface area contributed by atoms with E-state index in [-0.39, 0.29) is 5.91 Å². The van der Waals surface area contributed by atoms with Crippen LogP contribution in [0.1, 0.15) is 11.1 Å². The molecule has 2 rings (SSSR count). The van der Waals surface area contributed by atoms with Crippen LogP contribution in [0.3, 0.4) is 0 Å². The molecule has 0 radical (unpaired) electrons. The zero-order chi connectivity index (χ0) is 13.7. The Hall–Kier alpha value is -2.20. The highest BCUT2D eigenvalue weighted by Crippen LogP contribution is 2.13. The standard InChI is InChI=1S/C15H17N3O/c1-18(14-8-4-5-9-17-14)15(19)10-12-6-2-3-7-13(12)11-16/h2-9H,10-11,16H2,1H3. The van der Waals surface area contributed by atoms with Crippen LogP contribution in [0.25, 0.3) is 0 Å². The van der Waals surface area contributed by atoms with Gasteiger partial charge in [0.05, 0.1) is 6.42 Å². The maximum absolute atomic E-state index is 12.2. The topological polar surface area (TPSA) is 59.2 Å². The Kier molecular flexibility index (Phi) is 4.26. The Morgan fingerprint density at radius 2 is 1.84 bits per heavy atom. The molecular weight excluding hydrogens is 238 g/mol. The SMILES string of the molecule is CN(C(=O)Cc1ccccc1CN)c1ccccn1. The summed E-state index contributed by atoms with van der Waals surface area (Å²) in [5.41, 5.74) is 7.65. The van der Waals surface area contributed by atoms with E-state index >= 15 is 0 Å². The zero-order valence-corrected chi connectivity index (χ0v) is 10.9. The molecule has 1 heterocycles. The van der Waals surface area contributed by atoms with Crippen molar-refractivity contribution in [3.63, 3.8) is 0 Å². The van der Waals surface area contributed by atoms with Gasteiger partial charge in [0.1, 0.15) is 5.82 Å². The molecule has 2 N–H and O–H groups in total. The molecule has 4 heteroatoms. The summed E-state index contributed by atoms with van der Waals surface area (Å²) in [5, 5.41) is 0. The largest absolute Gasteiger partial charge is 0.326 e. The molecule has 1 amide bonds. The molecule has 0 fully saturated rings. The van der Waals surface area contributed by atoms with Crippen LogP contribution in [-0.2, 0) is 17.8 Å². The van der Waals surface area contributed by atoms with Crippen LogP contribution in [0.4, 0.5) is 5.82 Å². The van der Waals surface area contributed by atoms with Gasteiger partial charge in [0.2, 0.25) is 5.91 Å². The molecule has 0 spiro atoms. The fraction of sp³-hybridized carbons (Fsp3) is 0.200. The Bertz CT molecular complexity index is 554. The van der Waals surface area contributed by atoms with Gasteiger partial charge in [-0.1, -0.05) is 30.3 Å². The molecule has 98 valence electrons. The molecule has 0 saturated heterocycles. The molecule has 0 bridgehead atoms. The third-order valence-electron chi connectivity index (χ3n) is 3.05. The summed E-state index contributed by atoms with van der Waals surface area (Å²) in [6.45, 7) is 0.441. The maximum Gasteiger partial charge on any atom is 0.232 e. The average Bonchev–Trinajstić information content (AvgIpc) is 2.48. The molecule has 19 heavy (non-hydrogen) atoms. The van der Waals surface area contributed by atoms with E-state index in [9.17, 15) is 4.79 Å². The van der Waals surface area contributed by atoms with Gasteiger partial charge in [-0.05, 0) is 23.3 Å². The third kappa shape index (κ3) is 3.17. The molecule has 1 aromatic heterocycles. The van der Waals surface area contributed by atoms with Crippen molar-refractivity contribution in [1.29, 1.82) is 0 Å². The molecule has 0 aliphatic heterocycles. The van der Waals surface area contributed by atoms with Gasteiger partial charge in [-0.15, -0.1) is 0 Å². The smallest absolute Gasteiger partial charge is 0.232 e. The Morgan fingerprint density at radius 3 is 2.47 bits per heavy atom. The summed E-state index contributed by atoms with van der Waals surface area (Å²) in [4.78, 5) is 18.0. The second-order valence-corrected chi connectivity index (χ2v) is 4.29. The first kappa shape index (κ1) is 13.2. The molecule has 0 unspecified atom stereocenters. The van der Waals surface area contributed by atoms with Crippen LogP contribution in [0.2, 0.25) is 0 Å². The minimum absolute atomic E-state index is 0.000370. The summed E-state index contributed by atoms with van der Waals surface area (Å²) in [6.07, 6.45) is 2.01. The van der Waals surface area contributed by atoms with Gasteiger partial charge in [-0.3, -0.25) is 9.69 Å². The Morgan fingerprint density at radius 1 is 1.16 bits per heavy atom. The lowest BCUT2D eigenvalue weighted by atomic mass is 10.0. The number of nitrogens with two attached hydrogens (primary N) is 1. The number of hydrogen-bond acceptors (Lipinski definition) is 3. The number of rotatable bonds is 4. The van der Waals surface area contributed by atoms with Crippen molar-refractivity contribution >= 4 is 11.7 Å². The van der Waals surface area contributed by atoms with Crippen LogP contribution in [0.15, 0.2) is 48.7 Å². The van der Waals surface area contributed by atoms with Crippen LogP contribution in [0, 0.1) is 0 Å². The van der Waals surface area contributed by atoms with Gasteiger partial charge in [-0.2, -0.15) is 0 Å². The normalized spacial score (nSPS) is 10.2. The van der Waals surface area contributed by atoms with Crippen molar-refractivity contribution < 1.29 is 4.79 Å². The molecule has 0 aliphatic rings. The van der Waals surface area contributed by atoms with E-state index in [4.69, 9.17) is 5.73 Å². The average molecular weight is 255 g/mol. The molecule has 0 atom stereocenters. The first-order chi connectivity index (χ1) is 9.22. The first-order valence-electron chi connectivity index (χ1n) is 6.17. The van der Waals surface area contributed by atoms with Crippen LogP contribution >= 0.6 is 0 Å². The quantitative estimate of drug-likeness (QED) is 0.905. The highest BCUT2D eigenvalue weighted by atomic mass is 16.2. The number of carbonyl (C=O) groups excluding carboxylic acids is 1. The summed E-state index contributed by atoms with van der Waals surface area (Å²) in [5.74, 6) is 0.650. The predicted octanol–water partition coefficient (Wildman–Crippen LogP) is 1.75. The van der Waals surface area contributed by atoms with Gasteiger partial charge in [0.15, 0.2) is 0 Å². The summed E-state index contributed by atoms with van der Waals surface area (Å²) < 4.78 is 0. The number of nitrogens with zero attached hydrogens (tertiary/aromatic N) is 2. The van der Waals surface area contributed by atoms with E-state index < -0.39 is 0 Å². The number of carbonyl (C=O) groups is 1. The number of likely N-dealkylation sites (N-methyl/N-ethyl adjacent to an activating group) is 1. The van der Waals surface area contributed by atoms with Crippen LogP contribution in [0.5, 0.6) is 0 Å². The molecule has 4 nitrogen and oxygen atoms in total. The second kappa shape index (κ2) is 6.11. The molecule has 1 aromatic carbocycles. The highest BCUT2D eigenvalue weighted by Gasteiger charge is 2.13. The minimum Gasteiger partial charge on any atom is -0.326 e. The van der Waals surface area contributed by atoms with Crippen LogP contribution in [-0.4, -0.2) is 17.9 Å². The van der Waals surface area contributed by atoms with Gasteiger partial charge in [-0.25, -0.2) is 4.98 Å². The number of aromatic nitrogens is 1. The van der Waals surface area contributed by atoms with Crippen molar-refractivity contribution in [1.82, 2.24) is 4.98 Å². The number of hydrogen-bond donors (Lipinski definition) is 1. The van der Waals surface area contributed by atoms with Crippen molar-refractivity contribution in [2.45, 2.75) is 13.0 Å². The number of anilines is 1. The lowest BCUT2D eigenvalue weighted by Crippen LogP contribution is -2.29. The van der Waals surface area contributed by atoms with Crippen molar-refractivity contribution in [3.8, 4) is 0 Å². The predicted molar refractivity (Wildman–Crippen MR) is 75.7 cm³/mol. The highest BCUT2D eigenvalue weighted by molar-refractivity contribution is 5.93. The lowest BCUT2D eigenvalue weighted by molar-refractivity contribution is -0.117. The minimum atomic E-state index is -0.000370.